The van der Waals surface area contributed by atoms with Crippen LogP contribution in [-0.4, -0.2) is 13.9 Å². The van der Waals surface area contributed by atoms with E-state index in [4.69, 9.17) is 11.6 Å². The van der Waals surface area contributed by atoms with Gasteiger partial charge in [0.25, 0.3) is 0 Å². The number of Topliss-reactive ketones (excluding diaryl/α,β-unsaturated/α-hetero) is 1. The maximum Gasteiger partial charge on any atom is 0.163 e. The molecule has 1 aromatic carbocycles. The first-order chi connectivity index (χ1) is 6.88. The van der Waals surface area contributed by atoms with Crippen molar-refractivity contribution in [3.05, 3.63) is 28.8 Å². The third-order valence-corrected chi connectivity index (χ3v) is 4.77. The van der Waals surface area contributed by atoms with Gasteiger partial charge in [-0.15, -0.1) is 0 Å². The minimum absolute atomic E-state index is 0.151. The fourth-order valence-corrected chi connectivity index (χ4v) is 3.59. The lowest BCUT2D eigenvalue weighted by Crippen LogP contribution is -2.41. The summed E-state index contributed by atoms with van der Waals surface area (Å²) >= 11 is 6.11. The van der Waals surface area contributed by atoms with Gasteiger partial charge in [-0.1, -0.05) is 50.3 Å². The van der Waals surface area contributed by atoms with Crippen molar-refractivity contribution in [1.29, 1.82) is 0 Å². The van der Waals surface area contributed by atoms with Crippen molar-refractivity contribution in [2.75, 3.05) is 0 Å². The van der Waals surface area contributed by atoms with Crippen molar-refractivity contribution in [2.45, 2.75) is 33.0 Å². The average Bonchev–Trinajstić information content (AvgIpc) is 2.15. The second kappa shape index (κ2) is 4.50. The molecule has 0 N–H and O–H groups in total. The second-order valence-corrected chi connectivity index (χ2v) is 10.1. The molecule has 0 saturated heterocycles. The van der Waals surface area contributed by atoms with Gasteiger partial charge in [-0.3, -0.25) is 4.79 Å². The molecule has 82 valence electrons. The molecule has 0 saturated carbocycles. The third-order valence-electron chi connectivity index (χ3n) is 2.42. The van der Waals surface area contributed by atoms with E-state index in [2.05, 4.69) is 19.6 Å². The van der Waals surface area contributed by atoms with Crippen LogP contribution in [0.25, 0.3) is 0 Å². The number of benzene rings is 1. The van der Waals surface area contributed by atoms with Crippen LogP contribution in [0, 0.1) is 0 Å². The number of hydrogen-bond donors (Lipinski definition) is 0. The summed E-state index contributed by atoms with van der Waals surface area (Å²) in [6.45, 7) is 8.56. The molecule has 0 aliphatic heterocycles. The Labute approximate surface area is 97.5 Å². The summed E-state index contributed by atoms with van der Waals surface area (Å²) in [6, 6.07) is 5.78. The lowest BCUT2D eigenvalue weighted by Gasteiger charge is -2.20. The van der Waals surface area contributed by atoms with Gasteiger partial charge in [0.1, 0.15) is 0 Å². The Morgan fingerprint density at radius 3 is 2.40 bits per heavy atom. The molecule has 0 fully saturated rings. The molecule has 0 heterocycles. The molecule has 1 aromatic rings. The van der Waals surface area contributed by atoms with Crippen LogP contribution in [0.4, 0.5) is 0 Å². The molecular formula is C12H17ClOSi. The van der Waals surface area contributed by atoms with Crippen LogP contribution in [-0.2, 0) is 0 Å². The highest BCUT2D eigenvalue weighted by Crippen LogP contribution is 2.18. The molecule has 0 bridgehead atoms. The van der Waals surface area contributed by atoms with Crippen LogP contribution < -0.4 is 5.19 Å². The van der Waals surface area contributed by atoms with E-state index in [1.807, 2.05) is 19.1 Å². The molecule has 0 spiro atoms. The quantitative estimate of drug-likeness (QED) is 0.584. The number of hydrogen-bond acceptors (Lipinski definition) is 1. The van der Waals surface area contributed by atoms with Gasteiger partial charge in [0, 0.05) is 12.0 Å². The van der Waals surface area contributed by atoms with E-state index in [0.717, 1.165) is 5.56 Å². The standard InChI is InChI=1S/C12H17ClOSi/c1-5-10(14)12-9(13)7-6-8-11(12)15(2,3)4/h6-8H,5H2,1-4H3. The van der Waals surface area contributed by atoms with Crippen LogP contribution in [0.2, 0.25) is 24.7 Å². The van der Waals surface area contributed by atoms with Gasteiger partial charge in [0.2, 0.25) is 0 Å². The minimum Gasteiger partial charge on any atom is -0.294 e. The molecule has 0 radical (unpaired) electrons. The largest absolute Gasteiger partial charge is 0.294 e. The monoisotopic (exact) mass is 240 g/mol. The maximum atomic E-state index is 11.8. The van der Waals surface area contributed by atoms with E-state index >= 15 is 0 Å². The van der Waals surface area contributed by atoms with E-state index in [-0.39, 0.29) is 5.78 Å². The average molecular weight is 241 g/mol. The van der Waals surface area contributed by atoms with Crippen LogP contribution >= 0.6 is 11.6 Å². The smallest absolute Gasteiger partial charge is 0.163 e. The number of rotatable bonds is 3. The van der Waals surface area contributed by atoms with Crippen molar-refractivity contribution >= 4 is 30.6 Å². The summed E-state index contributed by atoms with van der Waals surface area (Å²) in [6.07, 6.45) is 0.515. The van der Waals surface area contributed by atoms with Gasteiger partial charge in [-0.05, 0) is 11.3 Å². The van der Waals surface area contributed by atoms with Gasteiger partial charge in [-0.25, -0.2) is 0 Å². The Morgan fingerprint density at radius 1 is 1.33 bits per heavy atom. The Kier molecular flexibility index (Phi) is 3.74. The van der Waals surface area contributed by atoms with Crippen molar-refractivity contribution in [1.82, 2.24) is 0 Å². The van der Waals surface area contributed by atoms with Gasteiger partial charge in [-0.2, -0.15) is 0 Å². The van der Waals surface area contributed by atoms with Crippen LogP contribution in [0.15, 0.2) is 18.2 Å². The highest BCUT2D eigenvalue weighted by atomic mass is 35.5. The SMILES string of the molecule is CCC(=O)c1c(Cl)cccc1[Si](C)(C)C. The van der Waals surface area contributed by atoms with Gasteiger partial charge in [0.05, 0.1) is 13.1 Å². The number of ketones is 1. The fraction of sp³-hybridized carbons (Fsp3) is 0.417. The summed E-state index contributed by atoms with van der Waals surface area (Å²) in [5.74, 6) is 0.151. The van der Waals surface area contributed by atoms with E-state index in [0.29, 0.717) is 11.4 Å². The van der Waals surface area contributed by atoms with Crippen LogP contribution in [0.1, 0.15) is 23.7 Å². The third kappa shape index (κ3) is 2.70. The number of carbonyl (C=O) groups is 1. The number of halogens is 1. The summed E-state index contributed by atoms with van der Waals surface area (Å²) in [4.78, 5) is 11.8. The van der Waals surface area contributed by atoms with Gasteiger partial charge >= 0.3 is 0 Å². The van der Waals surface area contributed by atoms with E-state index in [1.165, 1.54) is 5.19 Å². The Bertz CT molecular complexity index is 380. The van der Waals surface area contributed by atoms with E-state index in [9.17, 15) is 4.79 Å². The summed E-state index contributed by atoms with van der Waals surface area (Å²) in [5, 5.41) is 1.77. The molecule has 0 amide bonds. The van der Waals surface area contributed by atoms with E-state index in [1.54, 1.807) is 6.07 Å². The first kappa shape index (κ1) is 12.5. The second-order valence-electron chi connectivity index (χ2n) is 4.69. The van der Waals surface area contributed by atoms with Gasteiger partial charge in [0.15, 0.2) is 5.78 Å². The van der Waals surface area contributed by atoms with Crippen LogP contribution in [0.5, 0.6) is 0 Å². The first-order valence-corrected chi connectivity index (χ1v) is 9.08. The lowest BCUT2D eigenvalue weighted by atomic mass is 10.1. The van der Waals surface area contributed by atoms with Crippen molar-refractivity contribution < 1.29 is 4.79 Å². The zero-order valence-electron chi connectivity index (χ0n) is 9.73. The van der Waals surface area contributed by atoms with Crippen molar-refractivity contribution in [2.24, 2.45) is 0 Å². The maximum absolute atomic E-state index is 11.8. The summed E-state index contributed by atoms with van der Waals surface area (Å²) in [7, 11) is -1.49. The summed E-state index contributed by atoms with van der Waals surface area (Å²) < 4.78 is 0. The zero-order valence-corrected chi connectivity index (χ0v) is 11.5. The molecule has 0 aliphatic rings. The molecule has 15 heavy (non-hydrogen) atoms. The molecule has 0 aromatic heterocycles. The predicted octanol–water partition coefficient (Wildman–Crippen LogP) is 3.48. The Hall–Kier alpha value is -0.603. The molecule has 0 aliphatic carbocycles. The van der Waals surface area contributed by atoms with Crippen LogP contribution in [0.3, 0.4) is 0 Å². The minimum atomic E-state index is -1.49. The Morgan fingerprint density at radius 2 is 1.93 bits per heavy atom. The first-order valence-electron chi connectivity index (χ1n) is 5.20. The number of carbonyl (C=O) groups excluding carboxylic acids is 1. The highest BCUT2D eigenvalue weighted by molar-refractivity contribution is 6.89. The molecule has 3 heteroatoms. The van der Waals surface area contributed by atoms with E-state index < -0.39 is 8.07 Å². The topological polar surface area (TPSA) is 17.1 Å². The normalized spacial score (nSPS) is 11.5. The molecule has 1 nitrogen and oxygen atoms in total. The predicted molar refractivity (Wildman–Crippen MR) is 69.1 cm³/mol. The summed E-state index contributed by atoms with van der Waals surface area (Å²) in [5.41, 5.74) is 0.751. The molecule has 0 unspecified atom stereocenters. The van der Waals surface area contributed by atoms with Gasteiger partial charge < -0.3 is 0 Å². The van der Waals surface area contributed by atoms with Crippen molar-refractivity contribution in [3.8, 4) is 0 Å². The molecule has 1 rings (SSSR count). The molecular weight excluding hydrogens is 224 g/mol. The van der Waals surface area contributed by atoms with Crippen molar-refractivity contribution in [3.63, 3.8) is 0 Å². The fourth-order valence-electron chi connectivity index (χ4n) is 1.61. The highest BCUT2D eigenvalue weighted by Gasteiger charge is 2.24. The lowest BCUT2D eigenvalue weighted by molar-refractivity contribution is 0.0989. The zero-order chi connectivity index (χ0) is 11.6. The molecule has 0 atom stereocenters. The Balaban J connectivity index is 3.40.